The Hall–Kier alpha value is -2.24. The molecule has 1 N–H and O–H groups in total. The first-order valence-electron chi connectivity index (χ1n) is 7.04. The minimum absolute atomic E-state index is 0.0492. The molecule has 1 amide bonds. The molecule has 3 rings (SSSR count). The lowest BCUT2D eigenvalue weighted by Crippen LogP contribution is -2.42. The number of benzene rings is 1. The third kappa shape index (κ3) is 3.26. The minimum Gasteiger partial charge on any atom is -0.351 e. The number of hydrogen-bond acceptors (Lipinski definition) is 3. The van der Waals surface area contributed by atoms with Crippen LogP contribution in [0.3, 0.4) is 0 Å². The molecule has 1 aromatic carbocycles. The summed E-state index contributed by atoms with van der Waals surface area (Å²) in [5.74, 6) is 1.41. The lowest BCUT2D eigenvalue weighted by atomic mass is 10.1. The zero-order chi connectivity index (χ0) is 14.8. The van der Waals surface area contributed by atoms with E-state index in [1.54, 1.807) is 12.1 Å². The molecule has 0 radical (unpaired) electrons. The first-order valence-corrected chi connectivity index (χ1v) is 7.04. The number of nitrogens with zero attached hydrogens (tertiary/aromatic N) is 3. The van der Waals surface area contributed by atoms with Gasteiger partial charge in [0.15, 0.2) is 0 Å². The zero-order valence-electron chi connectivity index (χ0n) is 11.8. The summed E-state index contributed by atoms with van der Waals surface area (Å²) in [5.41, 5.74) is 0.807. The number of rotatable bonds is 3. The van der Waals surface area contributed by atoms with Crippen molar-refractivity contribution >= 4 is 5.91 Å². The molecule has 0 fully saturated rings. The van der Waals surface area contributed by atoms with Gasteiger partial charge in [0.25, 0.3) is 0 Å². The van der Waals surface area contributed by atoms with E-state index in [1.807, 2.05) is 11.6 Å². The third-order valence-corrected chi connectivity index (χ3v) is 3.61. The fourth-order valence-electron chi connectivity index (χ4n) is 2.62. The Bertz CT molecular complexity index is 650. The summed E-state index contributed by atoms with van der Waals surface area (Å²) in [5, 5.41) is 7.33. The van der Waals surface area contributed by atoms with E-state index in [9.17, 15) is 9.18 Å². The zero-order valence-corrected chi connectivity index (χ0v) is 11.8. The smallest absolute Gasteiger partial charge is 0.224 e. The molecular weight excluding hydrogens is 271 g/mol. The molecule has 0 saturated carbocycles. The van der Waals surface area contributed by atoms with Crippen LogP contribution in [0.2, 0.25) is 0 Å². The lowest BCUT2D eigenvalue weighted by molar-refractivity contribution is -0.121. The van der Waals surface area contributed by atoms with Crippen molar-refractivity contribution in [3.05, 3.63) is 47.3 Å². The van der Waals surface area contributed by atoms with Gasteiger partial charge in [-0.05, 0) is 31.0 Å². The SMILES string of the molecule is Cc1nc2n(n1)CC(NC(=O)Cc1ccc(F)cc1)CC2. The summed E-state index contributed by atoms with van der Waals surface area (Å²) in [7, 11) is 0. The van der Waals surface area contributed by atoms with Crippen molar-refractivity contribution in [1.29, 1.82) is 0 Å². The molecule has 2 aromatic rings. The summed E-state index contributed by atoms with van der Waals surface area (Å²) >= 11 is 0. The molecule has 2 heterocycles. The van der Waals surface area contributed by atoms with Crippen LogP contribution in [0, 0.1) is 12.7 Å². The Kier molecular flexibility index (Phi) is 3.68. The summed E-state index contributed by atoms with van der Waals surface area (Å²) in [6.07, 6.45) is 1.95. The van der Waals surface area contributed by atoms with Crippen LogP contribution < -0.4 is 5.32 Å². The molecule has 0 saturated heterocycles. The van der Waals surface area contributed by atoms with Crippen LogP contribution in [0.25, 0.3) is 0 Å². The summed E-state index contributed by atoms with van der Waals surface area (Å²) in [6.45, 7) is 2.53. The monoisotopic (exact) mass is 288 g/mol. The standard InChI is InChI=1S/C15H17FN4O/c1-10-17-14-7-6-13(9-20(14)19-10)18-15(21)8-11-2-4-12(16)5-3-11/h2-5,13H,6-9H2,1H3,(H,18,21). The van der Waals surface area contributed by atoms with Gasteiger partial charge in [-0.3, -0.25) is 4.79 Å². The Morgan fingerprint density at radius 3 is 2.95 bits per heavy atom. The van der Waals surface area contributed by atoms with Gasteiger partial charge in [0.05, 0.1) is 13.0 Å². The van der Waals surface area contributed by atoms with Crippen molar-refractivity contribution in [2.75, 3.05) is 0 Å². The predicted octanol–water partition coefficient (Wildman–Crippen LogP) is 1.40. The highest BCUT2D eigenvalue weighted by molar-refractivity contribution is 5.78. The van der Waals surface area contributed by atoms with Gasteiger partial charge in [0.2, 0.25) is 5.91 Å². The number of fused-ring (bicyclic) bond motifs is 1. The number of amides is 1. The molecular formula is C15H17FN4O. The van der Waals surface area contributed by atoms with Gasteiger partial charge in [-0.25, -0.2) is 14.1 Å². The first-order chi connectivity index (χ1) is 10.1. The fraction of sp³-hybridized carbons (Fsp3) is 0.400. The van der Waals surface area contributed by atoms with Crippen LogP contribution >= 0.6 is 0 Å². The first kappa shape index (κ1) is 13.7. The number of halogens is 1. The van der Waals surface area contributed by atoms with Gasteiger partial charge in [-0.2, -0.15) is 5.10 Å². The summed E-state index contributed by atoms with van der Waals surface area (Å²) in [4.78, 5) is 16.4. The quantitative estimate of drug-likeness (QED) is 0.928. The van der Waals surface area contributed by atoms with Crippen LogP contribution in [0.5, 0.6) is 0 Å². The Balaban J connectivity index is 1.57. The van der Waals surface area contributed by atoms with E-state index in [0.717, 1.165) is 30.1 Å². The van der Waals surface area contributed by atoms with Crippen molar-refractivity contribution in [2.24, 2.45) is 0 Å². The number of carbonyl (C=O) groups is 1. The average Bonchev–Trinajstić information content (AvgIpc) is 2.80. The molecule has 1 aliphatic heterocycles. The van der Waals surface area contributed by atoms with Crippen LogP contribution in [0.15, 0.2) is 24.3 Å². The summed E-state index contributed by atoms with van der Waals surface area (Å²) < 4.78 is 14.7. The predicted molar refractivity (Wildman–Crippen MR) is 75.1 cm³/mol. The van der Waals surface area contributed by atoms with Crippen LogP contribution in [-0.2, 0) is 24.2 Å². The molecule has 1 unspecified atom stereocenters. The third-order valence-electron chi connectivity index (χ3n) is 3.61. The largest absolute Gasteiger partial charge is 0.351 e. The van der Waals surface area contributed by atoms with E-state index in [4.69, 9.17) is 0 Å². The molecule has 6 heteroatoms. The van der Waals surface area contributed by atoms with Crippen molar-refractivity contribution in [3.8, 4) is 0 Å². The van der Waals surface area contributed by atoms with E-state index >= 15 is 0 Å². The van der Waals surface area contributed by atoms with Gasteiger partial charge in [-0.1, -0.05) is 12.1 Å². The maximum Gasteiger partial charge on any atom is 0.224 e. The van der Waals surface area contributed by atoms with E-state index in [2.05, 4.69) is 15.4 Å². The Labute approximate surface area is 122 Å². The number of nitrogens with one attached hydrogen (secondary N) is 1. The second kappa shape index (κ2) is 5.63. The fourth-order valence-corrected chi connectivity index (χ4v) is 2.62. The number of aromatic nitrogens is 3. The van der Waals surface area contributed by atoms with Crippen LogP contribution in [0.4, 0.5) is 4.39 Å². The topological polar surface area (TPSA) is 59.8 Å². The van der Waals surface area contributed by atoms with Gasteiger partial charge in [0, 0.05) is 12.5 Å². The maximum atomic E-state index is 12.8. The summed E-state index contributed by atoms with van der Waals surface area (Å²) in [6, 6.07) is 6.08. The van der Waals surface area contributed by atoms with Crippen molar-refractivity contribution in [2.45, 2.75) is 38.8 Å². The van der Waals surface area contributed by atoms with E-state index in [-0.39, 0.29) is 24.2 Å². The highest BCUT2D eigenvalue weighted by atomic mass is 19.1. The minimum atomic E-state index is -0.291. The van der Waals surface area contributed by atoms with Gasteiger partial charge < -0.3 is 5.32 Å². The molecule has 21 heavy (non-hydrogen) atoms. The average molecular weight is 288 g/mol. The molecule has 1 atom stereocenters. The number of aryl methyl sites for hydroxylation is 2. The molecule has 5 nitrogen and oxygen atoms in total. The highest BCUT2D eigenvalue weighted by Gasteiger charge is 2.22. The van der Waals surface area contributed by atoms with Crippen LogP contribution in [0.1, 0.15) is 23.6 Å². The highest BCUT2D eigenvalue weighted by Crippen LogP contribution is 2.13. The van der Waals surface area contributed by atoms with E-state index in [1.165, 1.54) is 12.1 Å². The van der Waals surface area contributed by atoms with Gasteiger partial charge in [-0.15, -0.1) is 0 Å². The maximum absolute atomic E-state index is 12.8. The van der Waals surface area contributed by atoms with Gasteiger partial charge in [0.1, 0.15) is 17.5 Å². The Morgan fingerprint density at radius 2 is 2.19 bits per heavy atom. The number of carbonyl (C=O) groups excluding carboxylic acids is 1. The number of hydrogen-bond donors (Lipinski definition) is 1. The van der Waals surface area contributed by atoms with Crippen molar-refractivity contribution in [1.82, 2.24) is 20.1 Å². The lowest BCUT2D eigenvalue weighted by Gasteiger charge is -2.23. The molecule has 1 aromatic heterocycles. The normalized spacial score (nSPS) is 17.3. The Morgan fingerprint density at radius 1 is 1.43 bits per heavy atom. The van der Waals surface area contributed by atoms with Crippen LogP contribution in [-0.4, -0.2) is 26.7 Å². The second-order valence-corrected chi connectivity index (χ2v) is 5.36. The van der Waals surface area contributed by atoms with Crippen molar-refractivity contribution < 1.29 is 9.18 Å². The van der Waals surface area contributed by atoms with E-state index < -0.39 is 0 Å². The molecule has 0 bridgehead atoms. The molecule has 0 spiro atoms. The second-order valence-electron chi connectivity index (χ2n) is 5.36. The molecule has 1 aliphatic rings. The van der Waals surface area contributed by atoms with Gasteiger partial charge >= 0.3 is 0 Å². The molecule has 0 aliphatic carbocycles. The molecule has 110 valence electrons. The van der Waals surface area contributed by atoms with E-state index in [0.29, 0.717) is 6.54 Å². The van der Waals surface area contributed by atoms with Crippen molar-refractivity contribution in [3.63, 3.8) is 0 Å².